The van der Waals surface area contributed by atoms with Crippen molar-refractivity contribution >= 4 is 38.6 Å². The van der Waals surface area contributed by atoms with Crippen molar-refractivity contribution in [3.63, 3.8) is 0 Å². The Balaban J connectivity index is 0.986. The zero-order valence-electron chi connectivity index (χ0n) is 31.5. The molecule has 0 atom stereocenters. The highest BCUT2D eigenvalue weighted by molar-refractivity contribution is 6.05. The van der Waals surface area contributed by atoms with Gasteiger partial charge >= 0.3 is 0 Å². The predicted molar refractivity (Wildman–Crippen MR) is 243 cm³/mol. The van der Waals surface area contributed by atoms with Crippen LogP contribution in [0.3, 0.4) is 0 Å². The van der Waals surface area contributed by atoms with Crippen molar-refractivity contribution in [2.75, 3.05) is 4.90 Å². The van der Waals surface area contributed by atoms with Crippen molar-refractivity contribution in [1.82, 2.24) is 0 Å². The Morgan fingerprint density at radius 3 is 1.12 bits per heavy atom. The van der Waals surface area contributed by atoms with Crippen LogP contribution in [0.5, 0.6) is 0 Å². The van der Waals surface area contributed by atoms with Gasteiger partial charge in [-0.1, -0.05) is 194 Å². The maximum atomic E-state index is 2.34. The lowest BCUT2D eigenvalue weighted by Crippen LogP contribution is -2.09. The van der Waals surface area contributed by atoms with E-state index >= 15 is 0 Å². The van der Waals surface area contributed by atoms with Crippen LogP contribution < -0.4 is 4.90 Å². The SMILES string of the molecule is c1ccc(-c2ccc(N(c3ccc(-c4ccccc4)cc3)c3ccc(-c4ccc(-c5ccc6ccccc6c5-c5ccc6ccccc6c5)cc4)cc3)cc2)cc1. The summed E-state index contributed by atoms with van der Waals surface area (Å²) in [6.07, 6.45) is 0. The molecule has 0 amide bonds. The van der Waals surface area contributed by atoms with Gasteiger partial charge in [0.05, 0.1) is 0 Å². The van der Waals surface area contributed by atoms with Crippen LogP contribution in [0.25, 0.3) is 77.2 Å². The lowest BCUT2D eigenvalue weighted by atomic mass is 9.88. The minimum atomic E-state index is 1.10. The van der Waals surface area contributed by atoms with Gasteiger partial charge in [0.2, 0.25) is 0 Å². The number of benzene rings is 10. The molecular formula is C56H39N. The summed E-state index contributed by atoms with van der Waals surface area (Å²) in [5, 5.41) is 5.01. The topological polar surface area (TPSA) is 3.24 Å². The van der Waals surface area contributed by atoms with Crippen molar-refractivity contribution in [1.29, 1.82) is 0 Å². The molecule has 0 aliphatic carbocycles. The summed E-state index contributed by atoms with van der Waals surface area (Å²) in [5.41, 5.74) is 15.4. The number of fused-ring (bicyclic) bond motifs is 2. The first-order chi connectivity index (χ1) is 28.2. The average Bonchev–Trinajstić information content (AvgIpc) is 3.30. The van der Waals surface area contributed by atoms with E-state index in [9.17, 15) is 0 Å². The van der Waals surface area contributed by atoms with Crippen LogP contribution in [-0.4, -0.2) is 0 Å². The largest absolute Gasteiger partial charge is 0.311 e. The predicted octanol–water partition coefficient (Wildman–Crippen LogP) is 15.8. The Morgan fingerprint density at radius 1 is 0.228 bits per heavy atom. The zero-order valence-corrected chi connectivity index (χ0v) is 31.5. The fourth-order valence-corrected chi connectivity index (χ4v) is 8.13. The Morgan fingerprint density at radius 2 is 0.596 bits per heavy atom. The Bertz CT molecular complexity index is 2870. The van der Waals surface area contributed by atoms with E-state index in [0.29, 0.717) is 0 Å². The maximum absolute atomic E-state index is 2.34. The van der Waals surface area contributed by atoms with Crippen molar-refractivity contribution in [3.8, 4) is 55.6 Å². The first-order valence-electron chi connectivity index (χ1n) is 19.6. The van der Waals surface area contributed by atoms with E-state index in [1.54, 1.807) is 0 Å². The van der Waals surface area contributed by atoms with Crippen LogP contribution in [0.4, 0.5) is 17.1 Å². The Kier molecular flexibility index (Phi) is 8.95. The molecule has 0 N–H and O–H groups in total. The molecule has 0 saturated heterocycles. The van der Waals surface area contributed by atoms with Gasteiger partial charge in [0.1, 0.15) is 0 Å². The molecule has 0 aromatic heterocycles. The molecular weight excluding hydrogens is 687 g/mol. The molecule has 10 rings (SSSR count). The van der Waals surface area contributed by atoms with Gasteiger partial charge in [-0.3, -0.25) is 0 Å². The average molecular weight is 726 g/mol. The van der Waals surface area contributed by atoms with Gasteiger partial charge in [-0.05, 0) is 120 Å². The minimum absolute atomic E-state index is 1.10. The summed E-state index contributed by atoms with van der Waals surface area (Å²) in [6, 6.07) is 85.5. The molecule has 0 spiro atoms. The van der Waals surface area contributed by atoms with Crippen LogP contribution in [0.2, 0.25) is 0 Å². The summed E-state index contributed by atoms with van der Waals surface area (Å²) < 4.78 is 0. The fourth-order valence-electron chi connectivity index (χ4n) is 8.13. The van der Waals surface area contributed by atoms with Crippen LogP contribution in [-0.2, 0) is 0 Å². The van der Waals surface area contributed by atoms with E-state index in [4.69, 9.17) is 0 Å². The van der Waals surface area contributed by atoms with Gasteiger partial charge in [-0.25, -0.2) is 0 Å². The Hall–Kier alpha value is -7.48. The summed E-state index contributed by atoms with van der Waals surface area (Å²) in [4.78, 5) is 2.34. The first-order valence-corrected chi connectivity index (χ1v) is 19.6. The molecule has 268 valence electrons. The third kappa shape index (κ3) is 6.77. The number of rotatable bonds is 8. The normalized spacial score (nSPS) is 11.2. The van der Waals surface area contributed by atoms with Crippen molar-refractivity contribution in [2.45, 2.75) is 0 Å². The molecule has 0 fully saturated rings. The zero-order chi connectivity index (χ0) is 38.0. The van der Waals surface area contributed by atoms with E-state index in [1.807, 2.05) is 0 Å². The summed E-state index contributed by atoms with van der Waals surface area (Å²) in [5.74, 6) is 0. The smallest absolute Gasteiger partial charge is 0.0462 e. The highest BCUT2D eigenvalue weighted by Gasteiger charge is 2.16. The maximum Gasteiger partial charge on any atom is 0.0462 e. The van der Waals surface area contributed by atoms with Gasteiger partial charge < -0.3 is 4.90 Å². The summed E-state index contributed by atoms with van der Waals surface area (Å²) in [7, 11) is 0. The van der Waals surface area contributed by atoms with Crippen molar-refractivity contribution in [2.24, 2.45) is 0 Å². The molecule has 0 heterocycles. The molecule has 10 aromatic rings. The molecule has 0 bridgehead atoms. The highest BCUT2D eigenvalue weighted by atomic mass is 15.1. The lowest BCUT2D eigenvalue weighted by molar-refractivity contribution is 1.28. The van der Waals surface area contributed by atoms with Gasteiger partial charge in [-0.2, -0.15) is 0 Å². The molecule has 0 aliphatic rings. The summed E-state index contributed by atoms with van der Waals surface area (Å²) in [6.45, 7) is 0. The molecule has 1 heteroatoms. The third-order valence-electron chi connectivity index (χ3n) is 11.1. The van der Waals surface area contributed by atoms with Gasteiger partial charge in [0, 0.05) is 17.1 Å². The van der Waals surface area contributed by atoms with Gasteiger partial charge in [0.15, 0.2) is 0 Å². The van der Waals surface area contributed by atoms with E-state index in [2.05, 4.69) is 241 Å². The lowest BCUT2D eigenvalue weighted by Gasteiger charge is -2.26. The number of nitrogens with zero attached hydrogens (tertiary/aromatic N) is 1. The first kappa shape index (κ1) is 34.0. The molecule has 0 aliphatic heterocycles. The fraction of sp³-hybridized carbons (Fsp3) is 0. The van der Waals surface area contributed by atoms with Crippen LogP contribution in [0.1, 0.15) is 0 Å². The monoisotopic (exact) mass is 725 g/mol. The van der Waals surface area contributed by atoms with E-state index in [-0.39, 0.29) is 0 Å². The number of anilines is 3. The molecule has 57 heavy (non-hydrogen) atoms. The second kappa shape index (κ2) is 15.0. The molecule has 1 nitrogen and oxygen atoms in total. The molecule has 0 unspecified atom stereocenters. The van der Waals surface area contributed by atoms with Gasteiger partial charge in [-0.15, -0.1) is 0 Å². The highest BCUT2D eigenvalue weighted by Crippen LogP contribution is 2.41. The quantitative estimate of drug-likeness (QED) is 0.151. The second-order valence-electron chi connectivity index (χ2n) is 14.6. The van der Waals surface area contributed by atoms with E-state index < -0.39 is 0 Å². The standard InChI is InChI=1S/C56H39N/c1-3-11-40(12-4-1)44-25-32-51(33-26-44)57(52-34-27-45(28-35-52)41-13-5-2-6-14-41)53-36-29-46(30-37-53)43-19-22-48(23-20-43)55-38-31-47-16-9-10-18-54(47)56(55)50-24-21-42-15-7-8-17-49(42)39-50/h1-39H. The number of hydrogen-bond acceptors (Lipinski definition) is 1. The van der Waals surface area contributed by atoms with E-state index in [1.165, 1.54) is 77.2 Å². The van der Waals surface area contributed by atoms with E-state index in [0.717, 1.165) is 17.1 Å². The Labute approximate surface area is 334 Å². The van der Waals surface area contributed by atoms with Crippen molar-refractivity contribution in [3.05, 3.63) is 237 Å². The van der Waals surface area contributed by atoms with Crippen molar-refractivity contribution < 1.29 is 0 Å². The molecule has 0 saturated carbocycles. The van der Waals surface area contributed by atoms with Crippen LogP contribution >= 0.6 is 0 Å². The molecule has 10 aromatic carbocycles. The molecule has 0 radical (unpaired) electrons. The van der Waals surface area contributed by atoms with Crippen LogP contribution in [0.15, 0.2) is 237 Å². The number of hydrogen-bond donors (Lipinski definition) is 0. The third-order valence-corrected chi connectivity index (χ3v) is 11.1. The minimum Gasteiger partial charge on any atom is -0.311 e. The second-order valence-corrected chi connectivity index (χ2v) is 14.6. The summed E-state index contributed by atoms with van der Waals surface area (Å²) >= 11 is 0. The van der Waals surface area contributed by atoms with Crippen LogP contribution in [0, 0.1) is 0 Å². The van der Waals surface area contributed by atoms with Gasteiger partial charge in [0.25, 0.3) is 0 Å².